The third kappa shape index (κ3) is 8.75. The van der Waals surface area contributed by atoms with Crippen LogP contribution in [-0.2, 0) is 16.0 Å². The molecule has 2 saturated heterocycles. The Hall–Kier alpha value is -3.01. The lowest BCUT2D eigenvalue weighted by atomic mass is 9.76. The zero-order chi connectivity index (χ0) is 28.8. The first-order chi connectivity index (χ1) is 18.3. The Labute approximate surface area is 228 Å². The van der Waals surface area contributed by atoms with Crippen molar-refractivity contribution in [3.05, 3.63) is 47.0 Å². The third-order valence-corrected chi connectivity index (χ3v) is 7.33. The van der Waals surface area contributed by atoms with Crippen LogP contribution in [0.3, 0.4) is 0 Å². The SMILES string of the molecule is Cc1ccc(CC(NC(=O)OC[C@H]2CCCN(C(=O)C(C#N)=CC(C)(C)N3CCC(F)(F)C3)C2)B(O)O)cc1. The van der Waals surface area contributed by atoms with Crippen LogP contribution in [0.25, 0.3) is 0 Å². The predicted octanol–water partition coefficient (Wildman–Crippen LogP) is 2.45. The molecule has 0 bridgehead atoms. The van der Waals surface area contributed by atoms with E-state index in [1.54, 1.807) is 18.7 Å². The molecule has 39 heavy (non-hydrogen) atoms. The van der Waals surface area contributed by atoms with Gasteiger partial charge in [0.1, 0.15) is 11.6 Å². The summed E-state index contributed by atoms with van der Waals surface area (Å²) in [6.45, 7) is 5.81. The highest BCUT2D eigenvalue weighted by atomic mass is 19.3. The van der Waals surface area contributed by atoms with Crippen molar-refractivity contribution in [1.82, 2.24) is 15.1 Å². The van der Waals surface area contributed by atoms with E-state index < -0.39 is 43.1 Å². The molecule has 1 aromatic carbocycles. The largest absolute Gasteiger partial charge is 0.475 e. The lowest BCUT2D eigenvalue weighted by Crippen LogP contribution is -2.48. The average Bonchev–Trinajstić information content (AvgIpc) is 3.27. The maximum Gasteiger partial charge on any atom is 0.475 e. The molecular weight excluding hydrogens is 509 g/mol. The van der Waals surface area contributed by atoms with Crippen molar-refractivity contribution >= 4 is 19.1 Å². The smallest absolute Gasteiger partial charge is 0.449 e. The molecule has 2 aliphatic rings. The fraction of sp³-hybridized carbons (Fsp3) is 0.593. The average molecular weight is 546 g/mol. The number of aryl methyl sites for hydroxylation is 1. The van der Waals surface area contributed by atoms with E-state index in [4.69, 9.17) is 4.74 Å². The molecule has 2 fully saturated rings. The molecule has 0 spiro atoms. The zero-order valence-corrected chi connectivity index (χ0v) is 22.7. The number of carbonyl (C=O) groups is 2. The second-order valence-corrected chi connectivity index (χ2v) is 11.1. The number of ether oxygens (including phenoxy) is 1. The van der Waals surface area contributed by atoms with Crippen LogP contribution >= 0.6 is 0 Å². The Morgan fingerprint density at radius 3 is 2.59 bits per heavy atom. The van der Waals surface area contributed by atoms with Gasteiger partial charge in [-0.15, -0.1) is 0 Å². The minimum absolute atomic E-state index is 0.00828. The van der Waals surface area contributed by atoms with E-state index in [0.717, 1.165) is 11.1 Å². The maximum atomic E-state index is 13.7. The monoisotopic (exact) mass is 546 g/mol. The van der Waals surface area contributed by atoms with Gasteiger partial charge in [0.25, 0.3) is 11.8 Å². The molecule has 0 saturated carbocycles. The van der Waals surface area contributed by atoms with Crippen LogP contribution in [0.2, 0.25) is 0 Å². The number of hydrogen-bond donors (Lipinski definition) is 3. The quantitative estimate of drug-likeness (QED) is 0.247. The van der Waals surface area contributed by atoms with Crippen molar-refractivity contribution in [3.63, 3.8) is 0 Å². The van der Waals surface area contributed by atoms with E-state index in [1.165, 1.54) is 11.0 Å². The van der Waals surface area contributed by atoms with Gasteiger partial charge in [0, 0.05) is 37.5 Å². The summed E-state index contributed by atoms with van der Waals surface area (Å²) in [7, 11) is -1.78. The summed E-state index contributed by atoms with van der Waals surface area (Å²) in [4.78, 5) is 28.6. The van der Waals surface area contributed by atoms with Gasteiger partial charge in [0.05, 0.1) is 19.1 Å². The molecule has 0 radical (unpaired) electrons. The van der Waals surface area contributed by atoms with Crippen LogP contribution < -0.4 is 5.32 Å². The predicted molar refractivity (Wildman–Crippen MR) is 142 cm³/mol. The molecule has 0 aliphatic carbocycles. The van der Waals surface area contributed by atoms with Crippen molar-refractivity contribution < 1.29 is 33.2 Å². The van der Waals surface area contributed by atoms with Crippen molar-refractivity contribution in [3.8, 4) is 6.07 Å². The molecular formula is C27H37BF2N4O5. The highest BCUT2D eigenvalue weighted by Crippen LogP contribution is 2.33. The standard InChI is InChI=1S/C27H37BF2N4O5/c1-19-6-8-20(9-7-19)13-23(28(37)38)32-25(36)39-17-21-5-4-11-33(16-21)24(35)22(15-31)14-26(2,3)34-12-10-27(29,30)18-34/h6-9,14,21,23,37-38H,4-5,10-13,16-18H2,1-3H3,(H,32,36)/t21-,23?/m0/s1. The highest BCUT2D eigenvalue weighted by Gasteiger charge is 2.43. The molecule has 2 atom stereocenters. The minimum Gasteiger partial charge on any atom is -0.449 e. The number of amides is 2. The molecule has 0 aromatic heterocycles. The Kier molecular flexibility index (Phi) is 10.1. The fourth-order valence-electron chi connectivity index (χ4n) is 4.97. The topological polar surface area (TPSA) is 126 Å². The second-order valence-electron chi connectivity index (χ2n) is 11.1. The van der Waals surface area contributed by atoms with Gasteiger partial charge in [0.2, 0.25) is 0 Å². The van der Waals surface area contributed by atoms with Crippen LogP contribution in [0.1, 0.15) is 44.2 Å². The first kappa shape index (κ1) is 30.5. The first-order valence-corrected chi connectivity index (χ1v) is 13.2. The van der Waals surface area contributed by atoms with Crippen molar-refractivity contribution in [2.24, 2.45) is 5.92 Å². The van der Waals surface area contributed by atoms with E-state index in [-0.39, 0.29) is 44.0 Å². The number of nitrogens with zero attached hydrogens (tertiary/aromatic N) is 3. The van der Waals surface area contributed by atoms with Crippen LogP contribution in [-0.4, -0.2) is 89.2 Å². The van der Waals surface area contributed by atoms with Gasteiger partial charge in [-0.3, -0.25) is 9.69 Å². The highest BCUT2D eigenvalue weighted by molar-refractivity contribution is 6.43. The number of alkyl carbamates (subject to hydrolysis) is 1. The number of likely N-dealkylation sites (tertiary alicyclic amines) is 2. The maximum absolute atomic E-state index is 13.7. The lowest BCUT2D eigenvalue weighted by Gasteiger charge is -2.35. The summed E-state index contributed by atoms with van der Waals surface area (Å²) in [5, 5.41) is 31.6. The molecule has 9 nitrogen and oxygen atoms in total. The van der Waals surface area contributed by atoms with Gasteiger partial charge in [-0.2, -0.15) is 5.26 Å². The third-order valence-electron chi connectivity index (χ3n) is 7.33. The van der Waals surface area contributed by atoms with Gasteiger partial charge >= 0.3 is 13.2 Å². The lowest BCUT2D eigenvalue weighted by molar-refractivity contribution is -0.128. The number of alkyl halides is 2. The normalized spacial score (nSPS) is 20.7. The summed E-state index contributed by atoms with van der Waals surface area (Å²) in [6, 6.07) is 9.41. The van der Waals surface area contributed by atoms with Crippen molar-refractivity contribution in [2.75, 3.05) is 32.8 Å². The molecule has 3 rings (SSSR count). The van der Waals surface area contributed by atoms with Crippen LogP contribution in [0, 0.1) is 24.2 Å². The molecule has 2 aliphatic heterocycles. The van der Waals surface area contributed by atoms with Crippen molar-refractivity contribution in [2.45, 2.75) is 63.9 Å². The fourth-order valence-corrected chi connectivity index (χ4v) is 4.97. The number of nitriles is 1. The summed E-state index contributed by atoms with van der Waals surface area (Å²) in [5.74, 6) is -4.41. The summed E-state index contributed by atoms with van der Waals surface area (Å²) >= 11 is 0. The van der Waals surface area contributed by atoms with Gasteiger partial charge in [-0.25, -0.2) is 13.6 Å². The zero-order valence-electron chi connectivity index (χ0n) is 22.7. The number of rotatable bonds is 9. The van der Waals surface area contributed by atoms with Gasteiger partial charge in [-0.05, 0) is 51.7 Å². The molecule has 2 amide bonds. The first-order valence-electron chi connectivity index (χ1n) is 13.2. The van der Waals surface area contributed by atoms with Crippen molar-refractivity contribution in [1.29, 1.82) is 5.26 Å². The molecule has 1 unspecified atom stereocenters. The number of hydrogen-bond acceptors (Lipinski definition) is 7. The van der Waals surface area contributed by atoms with Gasteiger partial charge in [-0.1, -0.05) is 29.8 Å². The van der Waals surface area contributed by atoms with E-state index in [2.05, 4.69) is 5.32 Å². The summed E-state index contributed by atoms with van der Waals surface area (Å²) in [5.41, 5.74) is 0.877. The number of benzene rings is 1. The van der Waals surface area contributed by atoms with E-state index >= 15 is 0 Å². The Morgan fingerprint density at radius 1 is 1.31 bits per heavy atom. The molecule has 2 heterocycles. The summed E-state index contributed by atoms with van der Waals surface area (Å²) < 4.78 is 32.8. The molecule has 3 N–H and O–H groups in total. The van der Waals surface area contributed by atoms with Gasteiger partial charge < -0.3 is 25.0 Å². The second kappa shape index (κ2) is 12.9. The van der Waals surface area contributed by atoms with Crippen LogP contribution in [0.15, 0.2) is 35.9 Å². The van der Waals surface area contributed by atoms with Crippen LogP contribution in [0.4, 0.5) is 13.6 Å². The Morgan fingerprint density at radius 2 is 2.00 bits per heavy atom. The minimum atomic E-state index is -2.79. The van der Waals surface area contributed by atoms with E-state index in [9.17, 15) is 33.7 Å². The van der Waals surface area contributed by atoms with Crippen LogP contribution in [0.5, 0.6) is 0 Å². The van der Waals surface area contributed by atoms with Gasteiger partial charge in [0.15, 0.2) is 0 Å². The number of nitrogens with one attached hydrogen (secondary N) is 1. The summed E-state index contributed by atoms with van der Waals surface area (Å²) in [6.07, 6.45) is 1.95. The number of halogens is 2. The van der Waals surface area contributed by atoms with E-state index in [1.807, 2.05) is 37.3 Å². The number of carbonyl (C=O) groups excluding carboxylic acids is 2. The number of piperidine rings is 1. The Balaban J connectivity index is 1.54. The van der Waals surface area contributed by atoms with E-state index in [0.29, 0.717) is 19.4 Å². The molecule has 12 heteroatoms. The molecule has 212 valence electrons. The molecule has 1 aromatic rings. The Bertz CT molecular complexity index is 1090.